The highest BCUT2D eigenvalue weighted by molar-refractivity contribution is 7.92. The van der Waals surface area contributed by atoms with E-state index in [1.165, 1.54) is 7.11 Å². The van der Waals surface area contributed by atoms with Crippen molar-refractivity contribution in [1.29, 1.82) is 0 Å². The number of carbonyl (C=O) groups excluding carboxylic acids is 2. The summed E-state index contributed by atoms with van der Waals surface area (Å²) in [6, 6.07) is 0. The van der Waals surface area contributed by atoms with Crippen LogP contribution in [-0.2, 0) is 24.2 Å². The number of ketones is 1. The first-order chi connectivity index (χ1) is 9.52. The quantitative estimate of drug-likeness (QED) is 0.560. The Balaban J connectivity index is 2.59. The van der Waals surface area contributed by atoms with Crippen molar-refractivity contribution in [2.24, 2.45) is 5.41 Å². The van der Waals surface area contributed by atoms with E-state index in [4.69, 9.17) is 16.3 Å². The maximum absolute atomic E-state index is 12.6. The van der Waals surface area contributed by atoms with Crippen LogP contribution in [0.1, 0.15) is 20.8 Å². The molecule has 0 saturated carbocycles. The second kappa shape index (κ2) is 5.07. The first kappa shape index (κ1) is 16.5. The Hall–Kier alpha value is -0.920. The summed E-state index contributed by atoms with van der Waals surface area (Å²) in [6.07, 6.45) is 0. The zero-order valence-electron chi connectivity index (χ0n) is 12.3. The highest BCUT2D eigenvalue weighted by atomic mass is 35.5. The van der Waals surface area contributed by atoms with Gasteiger partial charge in [-0.1, -0.05) is 20.8 Å². The minimum absolute atomic E-state index is 0.0141. The number of sulfone groups is 1. The van der Waals surface area contributed by atoms with E-state index in [9.17, 15) is 18.0 Å². The second-order valence-corrected chi connectivity index (χ2v) is 8.84. The molecule has 0 radical (unpaired) electrons. The molecule has 2 aliphatic heterocycles. The molecule has 2 aliphatic rings. The number of allylic oxidation sites excluding steroid dienone is 1. The van der Waals surface area contributed by atoms with Crippen molar-refractivity contribution in [3.8, 4) is 0 Å². The molecular formula is C13H18ClNO5S. The summed E-state index contributed by atoms with van der Waals surface area (Å²) in [4.78, 5) is 25.6. The monoisotopic (exact) mass is 335 g/mol. The lowest BCUT2D eigenvalue weighted by molar-refractivity contribution is -0.142. The molecule has 0 spiro atoms. The molecule has 0 aromatic carbocycles. The Morgan fingerprint density at radius 2 is 2.00 bits per heavy atom. The van der Waals surface area contributed by atoms with E-state index < -0.39 is 31.9 Å². The van der Waals surface area contributed by atoms with Crippen LogP contribution in [0.4, 0.5) is 0 Å². The van der Waals surface area contributed by atoms with Gasteiger partial charge in [-0.25, -0.2) is 8.42 Å². The average Bonchev–Trinajstić information content (AvgIpc) is 2.35. The molecule has 2 rings (SSSR count). The van der Waals surface area contributed by atoms with Gasteiger partial charge in [0.15, 0.2) is 21.0 Å². The van der Waals surface area contributed by atoms with Gasteiger partial charge in [0.05, 0.1) is 18.1 Å². The molecule has 118 valence electrons. The molecule has 1 saturated heterocycles. The number of hydrogen-bond acceptors (Lipinski definition) is 5. The van der Waals surface area contributed by atoms with Crippen molar-refractivity contribution in [3.05, 3.63) is 11.3 Å². The fraction of sp³-hybridized carbons (Fsp3) is 0.692. The molecule has 0 aromatic heterocycles. The molecule has 0 aromatic rings. The molecule has 21 heavy (non-hydrogen) atoms. The number of methoxy groups -OCH3 is 1. The van der Waals surface area contributed by atoms with Gasteiger partial charge in [0.1, 0.15) is 5.38 Å². The highest BCUT2D eigenvalue weighted by Crippen LogP contribution is 2.41. The smallest absolute Gasteiger partial charge is 0.249 e. The van der Waals surface area contributed by atoms with Crippen LogP contribution in [0, 0.1) is 5.41 Å². The fourth-order valence-corrected chi connectivity index (χ4v) is 5.06. The maximum Gasteiger partial charge on any atom is 0.249 e. The van der Waals surface area contributed by atoms with Crippen molar-refractivity contribution in [3.63, 3.8) is 0 Å². The van der Waals surface area contributed by atoms with Gasteiger partial charge >= 0.3 is 0 Å². The summed E-state index contributed by atoms with van der Waals surface area (Å²) in [7, 11) is -2.20. The van der Waals surface area contributed by atoms with Crippen molar-refractivity contribution in [2.75, 3.05) is 19.5 Å². The van der Waals surface area contributed by atoms with Crippen molar-refractivity contribution < 1.29 is 22.7 Å². The van der Waals surface area contributed by atoms with Crippen LogP contribution in [0.2, 0.25) is 0 Å². The second-order valence-electron chi connectivity index (χ2n) is 6.27. The van der Waals surface area contributed by atoms with E-state index >= 15 is 0 Å². The third-order valence-electron chi connectivity index (χ3n) is 3.51. The minimum Gasteiger partial charge on any atom is -0.380 e. The Kier molecular flexibility index (Phi) is 3.97. The normalized spacial score (nSPS) is 28.2. The van der Waals surface area contributed by atoms with Gasteiger partial charge < -0.3 is 4.74 Å². The van der Waals surface area contributed by atoms with E-state index in [1.54, 1.807) is 20.8 Å². The zero-order chi connectivity index (χ0) is 16.2. The lowest BCUT2D eigenvalue weighted by atomic mass is 9.86. The SMILES string of the molecule is COCC1=C(C(=O)C(C)(C)C)N2C(=O)[C@H](Cl)C2S(=O)(=O)C1. The van der Waals surface area contributed by atoms with Crippen molar-refractivity contribution in [1.82, 2.24) is 4.90 Å². The molecule has 0 bridgehead atoms. The van der Waals surface area contributed by atoms with Crippen LogP contribution in [0.5, 0.6) is 0 Å². The summed E-state index contributed by atoms with van der Waals surface area (Å²) in [5.74, 6) is -1.15. The molecule has 2 atom stereocenters. The van der Waals surface area contributed by atoms with E-state index in [0.29, 0.717) is 5.57 Å². The molecule has 2 heterocycles. The number of amides is 1. The van der Waals surface area contributed by atoms with Gasteiger partial charge in [0.25, 0.3) is 0 Å². The van der Waals surface area contributed by atoms with Crippen LogP contribution in [0.3, 0.4) is 0 Å². The Morgan fingerprint density at radius 1 is 1.43 bits per heavy atom. The van der Waals surface area contributed by atoms with Gasteiger partial charge in [-0.3, -0.25) is 14.5 Å². The topological polar surface area (TPSA) is 80.8 Å². The summed E-state index contributed by atoms with van der Waals surface area (Å²) in [5.41, 5.74) is -0.297. The summed E-state index contributed by atoms with van der Waals surface area (Å²) < 4.78 is 29.4. The number of nitrogens with zero attached hydrogens (tertiary/aromatic N) is 1. The largest absolute Gasteiger partial charge is 0.380 e. The average molecular weight is 336 g/mol. The van der Waals surface area contributed by atoms with Gasteiger partial charge in [0, 0.05) is 12.5 Å². The van der Waals surface area contributed by atoms with Crippen LogP contribution in [0.15, 0.2) is 11.3 Å². The van der Waals surface area contributed by atoms with Gasteiger partial charge in [-0.05, 0) is 5.57 Å². The number of halogens is 1. The highest BCUT2D eigenvalue weighted by Gasteiger charge is 2.59. The first-order valence-electron chi connectivity index (χ1n) is 6.47. The standard InChI is InChI=1S/C13H18ClNO5S/c1-13(2,3)10(16)9-7(5-20-4)6-21(18,19)12-8(14)11(17)15(9)12/h8,12H,5-6H2,1-4H3/t8-,12?/m0/s1. The third kappa shape index (κ3) is 2.51. The lowest BCUT2D eigenvalue weighted by Crippen LogP contribution is -2.68. The summed E-state index contributed by atoms with van der Waals surface area (Å²) in [6.45, 7) is 5.13. The summed E-state index contributed by atoms with van der Waals surface area (Å²) in [5, 5.41) is -2.27. The van der Waals surface area contributed by atoms with Crippen molar-refractivity contribution in [2.45, 2.75) is 31.5 Å². The molecule has 0 N–H and O–H groups in total. The molecule has 1 fully saturated rings. The Labute approximate surface area is 129 Å². The zero-order valence-corrected chi connectivity index (χ0v) is 13.9. The fourth-order valence-electron chi connectivity index (χ4n) is 2.49. The van der Waals surface area contributed by atoms with Gasteiger partial charge in [-0.15, -0.1) is 11.6 Å². The van der Waals surface area contributed by atoms with Gasteiger partial charge in [-0.2, -0.15) is 0 Å². The molecule has 0 aliphatic carbocycles. The van der Waals surface area contributed by atoms with Crippen LogP contribution in [0.25, 0.3) is 0 Å². The Bertz CT molecular complexity index is 631. The number of alkyl halides is 1. The third-order valence-corrected chi connectivity index (χ3v) is 6.06. The number of Topliss-reactive ketones (excluding diaryl/α,β-unsaturated/α-hetero) is 1. The predicted octanol–water partition coefficient (Wildman–Crippen LogP) is 0.706. The van der Waals surface area contributed by atoms with Crippen LogP contribution < -0.4 is 0 Å². The number of hydrogen-bond donors (Lipinski definition) is 0. The predicted molar refractivity (Wildman–Crippen MR) is 77.4 cm³/mol. The van der Waals surface area contributed by atoms with E-state index in [-0.39, 0.29) is 23.8 Å². The van der Waals surface area contributed by atoms with E-state index in [0.717, 1.165) is 4.90 Å². The molecular weight excluding hydrogens is 318 g/mol. The number of β-lactam (4-membered cyclic amide) rings is 1. The van der Waals surface area contributed by atoms with Crippen molar-refractivity contribution >= 4 is 33.1 Å². The first-order valence-corrected chi connectivity index (χ1v) is 8.62. The van der Waals surface area contributed by atoms with Crippen LogP contribution in [-0.4, -0.2) is 55.2 Å². The number of carbonyl (C=O) groups is 2. The molecule has 1 amide bonds. The minimum atomic E-state index is -3.61. The van der Waals surface area contributed by atoms with E-state index in [2.05, 4.69) is 0 Å². The summed E-state index contributed by atoms with van der Waals surface area (Å²) >= 11 is 5.83. The maximum atomic E-state index is 12.6. The Morgan fingerprint density at radius 3 is 2.48 bits per heavy atom. The molecule has 8 heteroatoms. The number of rotatable bonds is 3. The van der Waals surface area contributed by atoms with Crippen LogP contribution >= 0.6 is 11.6 Å². The number of ether oxygens (including phenoxy) is 1. The number of fused-ring (bicyclic) bond motifs is 1. The molecule has 6 nitrogen and oxygen atoms in total. The lowest BCUT2D eigenvalue weighted by Gasteiger charge is -2.48. The van der Waals surface area contributed by atoms with Gasteiger partial charge in [0.2, 0.25) is 5.91 Å². The molecule has 1 unspecified atom stereocenters. The van der Waals surface area contributed by atoms with E-state index in [1.807, 2.05) is 0 Å².